The zero-order valence-electron chi connectivity index (χ0n) is 10.8. The molecule has 0 bridgehead atoms. The number of piperidine rings is 1. The highest BCUT2D eigenvalue weighted by Crippen LogP contribution is 2.23. The lowest BCUT2D eigenvalue weighted by Gasteiger charge is -2.32. The van der Waals surface area contributed by atoms with Crippen molar-refractivity contribution in [1.29, 1.82) is 0 Å². The van der Waals surface area contributed by atoms with Gasteiger partial charge in [0.25, 0.3) is 0 Å². The Morgan fingerprint density at radius 2 is 1.81 bits per heavy atom. The van der Waals surface area contributed by atoms with Crippen molar-refractivity contribution >= 4 is 9.84 Å². The van der Waals surface area contributed by atoms with Crippen LogP contribution in [0.5, 0.6) is 0 Å². The minimum atomic E-state index is -2.80. The Balaban J connectivity index is 2.22. The van der Waals surface area contributed by atoms with Gasteiger partial charge in [0, 0.05) is 12.8 Å². The third kappa shape index (κ3) is 5.85. The Labute approximate surface area is 100 Å². The maximum Gasteiger partial charge on any atom is 0.148 e. The van der Waals surface area contributed by atoms with Gasteiger partial charge >= 0.3 is 0 Å². The van der Waals surface area contributed by atoms with Crippen LogP contribution in [0.1, 0.15) is 33.1 Å². The average Bonchev–Trinajstić information content (AvgIpc) is 2.14. The first-order valence-corrected chi connectivity index (χ1v) is 8.33. The molecule has 0 spiro atoms. The Morgan fingerprint density at radius 3 is 2.25 bits per heavy atom. The number of likely N-dealkylation sites (tertiary alicyclic amines) is 1. The van der Waals surface area contributed by atoms with E-state index in [1.165, 1.54) is 25.5 Å². The molecule has 1 saturated heterocycles. The van der Waals surface area contributed by atoms with E-state index in [4.69, 9.17) is 0 Å². The topological polar surface area (TPSA) is 37.4 Å². The third-order valence-corrected chi connectivity index (χ3v) is 4.21. The molecule has 0 aromatic heterocycles. The lowest BCUT2D eigenvalue weighted by atomic mass is 9.89. The summed E-state index contributed by atoms with van der Waals surface area (Å²) in [6, 6.07) is 0. The quantitative estimate of drug-likeness (QED) is 0.743. The van der Waals surface area contributed by atoms with Gasteiger partial charge in [-0.05, 0) is 44.2 Å². The van der Waals surface area contributed by atoms with Crippen molar-refractivity contribution in [3.8, 4) is 0 Å². The first-order chi connectivity index (χ1) is 7.37. The normalized spacial score (nSPS) is 20.5. The molecule has 1 aliphatic heterocycles. The number of sulfone groups is 1. The molecule has 0 aromatic carbocycles. The van der Waals surface area contributed by atoms with Crippen molar-refractivity contribution < 1.29 is 8.42 Å². The average molecular weight is 247 g/mol. The summed E-state index contributed by atoms with van der Waals surface area (Å²) in [7, 11) is -2.80. The van der Waals surface area contributed by atoms with Gasteiger partial charge in [-0.1, -0.05) is 13.8 Å². The van der Waals surface area contributed by atoms with Crippen molar-refractivity contribution in [3.05, 3.63) is 0 Å². The van der Waals surface area contributed by atoms with Crippen LogP contribution < -0.4 is 0 Å². The van der Waals surface area contributed by atoms with Gasteiger partial charge in [-0.2, -0.15) is 0 Å². The van der Waals surface area contributed by atoms with Crippen LogP contribution in [0.4, 0.5) is 0 Å². The van der Waals surface area contributed by atoms with Gasteiger partial charge in [-0.25, -0.2) is 8.42 Å². The van der Waals surface area contributed by atoms with Crippen molar-refractivity contribution in [2.24, 2.45) is 11.8 Å². The van der Waals surface area contributed by atoms with Crippen LogP contribution in [-0.4, -0.2) is 45.0 Å². The predicted molar refractivity (Wildman–Crippen MR) is 68.3 cm³/mol. The minimum Gasteiger partial charge on any atom is -0.302 e. The molecule has 0 amide bonds. The molecule has 0 N–H and O–H groups in total. The Morgan fingerprint density at radius 1 is 1.25 bits per heavy atom. The van der Waals surface area contributed by atoms with E-state index in [0.29, 0.717) is 12.3 Å². The first kappa shape index (κ1) is 14.0. The van der Waals surface area contributed by atoms with E-state index in [9.17, 15) is 8.42 Å². The second kappa shape index (κ2) is 6.01. The third-order valence-electron chi connectivity index (χ3n) is 3.29. The van der Waals surface area contributed by atoms with E-state index in [2.05, 4.69) is 18.7 Å². The molecular weight excluding hydrogens is 222 g/mol. The molecule has 1 fully saturated rings. The van der Waals surface area contributed by atoms with Gasteiger partial charge in [0.2, 0.25) is 0 Å². The molecular formula is C12H25NO2S. The second-order valence-electron chi connectivity index (χ2n) is 5.54. The molecule has 0 atom stereocenters. The molecule has 4 heteroatoms. The molecule has 0 aliphatic carbocycles. The molecule has 1 heterocycles. The zero-order chi connectivity index (χ0) is 12.2. The van der Waals surface area contributed by atoms with Crippen LogP contribution in [0, 0.1) is 11.8 Å². The van der Waals surface area contributed by atoms with E-state index in [-0.39, 0.29) is 0 Å². The van der Waals surface area contributed by atoms with E-state index in [0.717, 1.165) is 24.9 Å². The molecule has 1 aliphatic rings. The van der Waals surface area contributed by atoms with Crippen LogP contribution in [0.2, 0.25) is 0 Å². The van der Waals surface area contributed by atoms with Crippen LogP contribution in [0.15, 0.2) is 0 Å². The fourth-order valence-corrected chi connectivity index (χ4v) is 3.00. The van der Waals surface area contributed by atoms with Gasteiger partial charge in [0.1, 0.15) is 9.84 Å². The van der Waals surface area contributed by atoms with E-state index in [1.54, 1.807) is 0 Å². The highest BCUT2D eigenvalue weighted by Gasteiger charge is 2.20. The van der Waals surface area contributed by atoms with Crippen molar-refractivity contribution in [2.45, 2.75) is 33.1 Å². The molecule has 0 aromatic rings. The smallest absolute Gasteiger partial charge is 0.148 e. The Bertz CT molecular complexity index is 290. The molecule has 0 saturated carbocycles. The summed E-state index contributed by atoms with van der Waals surface area (Å²) in [4.78, 5) is 2.29. The molecule has 3 nitrogen and oxygen atoms in total. The van der Waals surface area contributed by atoms with Crippen LogP contribution >= 0.6 is 0 Å². The maximum atomic E-state index is 11.1. The van der Waals surface area contributed by atoms with Gasteiger partial charge in [0.05, 0.1) is 5.75 Å². The highest BCUT2D eigenvalue weighted by molar-refractivity contribution is 7.90. The van der Waals surface area contributed by atoms with Gasteiger partial charge in [-0.3, -0.25) is 0 Å². The van der Waals surface area contributed by atoms with Crippen LogP contribution in [-0.2, 0) is 9.84 Å². The minimum absolute atomic E-state index is 0.307. The fourth-order valence-electron chi connectivity index (χ4n) is 2.41. The summed E-state index contributed by atoms with van der Waals surface area (Å²) in [5.41, 5.74) is 0. The lowest BCUT2D eigenvalue weighted by molar-refractivity contribution is 0.178. The largest absolute Gasteiger partial charge is 0.302 e. The monoisotopic (exact) mass is 247 g/mol. The summed E-state index contributed by atoms with van der Waals surface area (Å²) in [5, 5.41) is 0. The van der Waals surface area contributed by atoms with E-state index < -0.39 is 9.84 Å². The van der Waals surface area contributed by atoms with E-state index >= 15 is 0 Å². The van der Waals surface area contributed by atoms with Crippen molar-refractivity contribution in [1.82, 2.24) is 4.90 Å². The number of hydrogen-bond acceptors (Lipinski definition) is 3. The Hall–Kier alpha value is -0.0900. The number of hydrogen-bond donors (Lipinski definition) is 0. The summed E-state index contributed by atoms with van der Waals surface area (Å²) in [5.74, 6) is 1.95. The Kier molecular flexibility index (Phi) is 5.25. The number of nitrogens with zero attached hydrogens (tertiary/aromatic N) is 1. The molecule has 0 unspecified atom stereocenters. The molecule has 16 heavy (non-hydrogen) atoms. The molecule has 0 radical (unpaired) electrons. The summed E-state index contributed by atoms with van der Waals surface area (Å²) in [6.45, 7) is 7.42. The predicted octanol–water partition coefficient (Wildman–Crippen LogP) is 1.79. The zero-order valence-corrected chi connectivity index (χ0v) is 11.6. The number of rotatable bonds is 5. The van der Waals surface area contributed by atoms with Gasteiger partial charge in [-0.15, -0.1) is 0 Å². The summed E-state index contributed by atoms with van der Waals surface area (Å²) < 4.78 is 22.1. The van der Waals surface area contributed by atoms with E-state index in [1.807, 2.05) is 0 Å². The summed E-state index contributed by atoms with van der Waals surface area (Å²) in [6.07, 6.45) is 5.11. The molecule has 96 valence electrons. The second-order valence-corrected chi connectivity index (χ2v) is 7.80. The lowest BCUT2D eigenvalue weighted by Crippen LogP contribution is -2.37. The standard InChI is InChI=1S/C12H25NO2S/c1-11(2)10-12-4-6-13(7-5-12)8-9-16(3,14)15/h11-12H,4-10H2,1-3H3. The van der Waals surface area contributed by atoms with Gasteiger partial charge in [0.15, 0.2) is 0 Å². The first-order valence-electron chi connectivity index (χ1n) is 6.27. The SMILES string of the molecule is CC(C)CC1CCN(CCS(C)(=O)=O)CC1. The maximum absolute atomic E-state index is 11.1. The van der Waals surface area contributed by atoms with Crippen LogP contribution in [0.3, 0.4) is 0 Å². The fraction of sp³-hybridized carbons (Fsp3) is 1.00. The van der Waals surface area contributed by atoms with Crippen molar-refractivity contribution in [2.75, 3.05) is 31.6 Å². The van der Waals surface area contributed by atoms with Gasteiger partial charge < -0.3 is 4.90 Å². The van der Waals surface area contributed by atoms with Crippen molar-refractivity contribution in [3.63, 3.8) is 0 Å². The van der Waals surface area contributed by atoms with Crippen LogP contribution in [0.25, 0.3) is 0 Å². The highest BCUT2D eigenvalue weighted by atomic mass is 32.2. The summed E-state index contributed by atoms with van der Waals surface area (Å²) >= 11 is 0. The molecule has 1 rings (SSSR count).